The van der Waals surface area contributed by atoms with E-state index in [9.17, 15) is 0 Å². The third-order valence-electron chi connectivity index (χ3n) is 3.35. The Morgan fingerprint density at radius 2 is 2.00 bits per heavy atom. The molecule has 1 atom stereocenters. The average Bonchev–Trinajstić information content (AvgIpc) is 2.48. The number of pyridine rings is 1. The van der Waals surface area contributed by atoms with Crippen LogP contribution in [0.1, 0.15) is 19.4 Å². The van der Waals surface area contributed by atoms with Gasteiger partial charge in [-0.1, -0.05) is 26.0 Å². The van der Waals surface area contributed by atoms with E-state index in [0.717, 1.165) is 25.5 Å². The van der Waals surface area contributed by atoms with Crippen LogP contribution in [0.2, 0.25) is 0 Å². The van der Waals surface area contributed by atoms with Gasteiger partial charge in [0.25, 0.3) is 0 Å². The quantitative estimate of drug-likeness (QED) is 0.708. The molecule has 1 heterocycles. The van der Waals surface area contributed by atoms with Gasteiger partial charge in [-0.2, -0.15) is 5.26 Å². The van der Waals surface area contributed by atoms with Crippen LogP contribution in [0.25, 0.3) is 0 Å². The van der Waals surface area contributed by atoms with E-state index < -0.39 is 0 Å². The lowest BCUT2D eigenvalue weighted by atomic mass is 10.0. The maximum Gasteiger partial charge on any atom is 0.126 e. The second-order valence-electron chi connectivity index (χ2n) is 5.27. The van der Waals surface area contributed by atoms with Crippen LogP contribution >= 0.6 is 0 Å². The zero-order chi connectivity index (χ0) is 15.7. The van der Waals surface area contributed by atoms with Crippen LogP contribution in [0, 0.1) is 17.2 Å². The first-order valence-electron chi connectivity index (χ1n) is 7.18. The van der Waals surface area contributed by atoms with E-state index in [1.807, 2.05) is 18.2 Å². The highest BCUT2D eigenvalue weighted by molar-refractivity contribution is 5.39. The van der Waals surface area contributed by atoms with Crippen molar-refractivity contribution in [3.63, 3.8) is 0 Å². The van der Waals surface area contributed by atoms with Crippen LogP contribution < -0.4 is 5.32 Å². The van der Waals surface area contributed by atoms with Crippen LogP contribution in [0.15, 0.2) is 43.6 Å². The van der Waals surface area contributed by atoms with Crippen LogP contribution in [0.5, 0.6) is 0 Å². The van der Waals surface area contributed by atoms with E-state index >= 15 is 0 Å². The van der Waals surface area contributed by atoms with E-state index in [4.69, 9.17) is 5.26 Å². The van der Waals surface area contributed by atoms with Gasteiger partial charge in [-0.05, 0) is 18.1 Å². The van der Waals surface area contributed by atoms with E-state index in [0.29, 0.717) is 17.5 Å². The van der Waals surface area contributed by atoms with Gasteiger partial charge in [0.1, 0.15) is 11.9 Å². The number of nitriles is 1. The van der Waals surface area contributed by atoms with Crippen molar-refractivity contribution in [1.82, 2.24) is 9.88 Å². The van der Waals surface area contributed by atoms with Crippen LogP contribution in [0.3, 0.4) is 0 Å². The van der Waals surface area contributed by atoms with Gasteiger partial charge in [-0.15, -0.1) is 13.2 Å². The van der Waals surface area contributed by atoms with Gasteiger partial charge < -0.3 is 5.32 Å². The van der Waals surface area contributed by atoms with E-state index in [-0.39, 0.29) is 0 Å². The average molecular weight is 284 g/mol. The third-order valence-corrected chi connectivity index (χ3v) is 3.35. The molecule has 0 saturated carbocycles. The summed E-state index contributed by atoms with van der Waals surface area (Å²) < 4.78 is 0. The number of nitrogens with one attached hydrogen (secondary N) is 1. The van der Waals surface area contributed by atoms with Crippen LogP contribution in [-0.4, -0.2) is 35.6 Å². The van der Waals surface area contributed by atoms with Crippen molar-refractivity contribution in [2.24, 2.45) is 5.92 Å². The number of nitrogens with zero attached hydrogens (tertiary/aromatic N) is 3. The minimum absolute atomic E-state index is 0.360. The number of aromatic nitrogens is 1. The van der Waals surface area contributed by atoms with Crippen molar-refractivity contribution in [2.45, 2.75) is 19.9 Å². The Labute approximate surface area is 127 Å². The third kappa shape index (κ3) is 5.41. The predicted molar refractivity (Wildman–Crippen MR) is 88.0 cm³/mol. The van der Waals surface area contributed by atoms with Gasteiger partial charge >= 0.3 is 0 Å². The molecule has 0 aliphatic rings. The fourth-order valence-electron chi connectivity index (χ4n) is 2.24. The molecule has 1 rings (SSSR count). The standard InChI is InChI=1S/C17H24N4/c1-5-9-21(10-6-2)16(14(3)4)13-20-17-8-7-15(11-18)12-19-17/h5-8,12,14,16H,1-2,9-10,13H2,3-4H3,(H,19,20). The van der Waals surface area contributed by atoms with Gasteiger partial charge in [0, 0.05) is 31.9 Å². The fourth-order valence-corrected chi connectivity index (χ4v) is 2.24. The zero-order valence-corrected chi connectivity index (χ0v) is 12.9. The maximum atomic E-state index is 8.77. The van der Waals surface area contributed by atoms with Crippen molar-refractivity contribution in [3.05, 3.63) is 49.2 Å². The molecule has 0 aliphatic carbocycles. The number of rotatable bonds is 9. The number of hydrogen-bond acceptors (Lipinski definition) is 4. The molecule has 4 heteroatoms. The molecular formula is C17H24N4. The highest BCUT2D eigenvalue weighted by Gasteiger charge is 2.19. The molecule has 0 bridgehead atoms. The minimum Gasteiger partial charge on any atom is -0.368 e. The number of hydrogen-bond donors (Lipinski definition) is 1. The summed E-state index contributed by atoms with van der Waals surface area (Å²) in [6.07, 6.45) is 5.41. The predicted octanol–water partition coefficient (Wildman–Crippen LogP) is 3.06. The molecule has 0 aromatic carbocycles. The summed E-state index contributed by atoms with van der Waals surface area (Å²) in [5.41, 5.74) is 0.570. The van der Waals surface area contributed by atoms with E-state index in [2.05, 4.69) is 48.3 Å². The molecule has 21 heavy (non-hydrogen) atoms. The summed E-state index contributed by atoms with van der Waals surface area (Å²) in [4.78, 5) is 6.57. The topological polar surface area (TPSA) is 52.0 Å². The zero-order valence-electron chi connectivity index (χ0n) is 12.9. The molecule has 1 N–H and O–H groups in total. The Bertz CT molecular complexity index is 475. The molecule has 1 aromatic rings. The summed E-state index contributed by atoms with van der Waals surface area (Å²) >= 11 is 0. The molecular weight excluding hydrogens is 260 g/mol. The van der Waals surface area contributed by atoms with Gasteiger partial charge in [0.05, 0.1) is 5.56 Å². The van der Waals surface area contributed by atoms with Gasteiger partial charge in [-0.3, -0.25) is 4.90 Å². The molecule has 112 valence electrons. The maximum absolute atomic E-state index is 8.77. The van der Waals surface area contributed by atoms with E-state index in [1.54, 1.807) is 12.3 Å². The Kier molecular flexibility index (Phi) is 7.20. The van der Waals surface area contributed by atoms with Gasteiger partial charge in [-0.25, -0.2) is 4.98 Å². The molecule has 0 amide bonds. The molecule has 0 aliphatic heterocycles. The normalized spacial score (nSPS) is 12.0. The highest BCUT2D eigenvalue weighted by atomic mass is 15.2. The fraction of sp³-hybridized carbons (Fsp3) is 0.412. The molecule has 0 spiro atoms. The Morgan fingerprint density at radius 3 is 2.43 bits per heavy atom. The lowest BCUT2D eigenvalue weighted by molar-refractivity contribution is 0.199. The van der Waals surface area contributed by atoms with Crippen molar-refractivity contribution in [1.29, 1.82) is 5.26 Å². The smallest absolute Gasteiger partial charge is 0.126 e. The largest absolute Gasteiger partial charge is 0.368 e. The Morgan fingerprint density at radius 1 is 1.33 bits per heavy atom. The van der Waals surface area contributed by atoms with Crippen molar-refractivity contribution >= 4 is 5.82 Å². The lowest BCUT2D eigenvalue weighted by Gasteiger charge is -2.33. The SMILES string of the molecule is C=CCN(CC=C)C(CNc1ccc(C#N)cn1)C(C)C. The molecule has 0 radical (unpaired) electrons. The second kappa shape index (κ2) is 8.93. The van der Waals surface area contributed by atoms with Gasteiger partial charge in [0.15, 0.2) is 0 Å². The van der Waals surface area contributed by atoms with Gasteiger partial charge in [0.2, 0.25) is 0 Å². The van der Waals surface area contributed by atoms with Crippen molar-refractivity contribution < 1.29 is 0 Å². The second-order valence-corrected chi connectivity index (χ2v) is 5.27. The van der Waals surface area contributed by atoms with Crippen LogP contribution in [-0.2, 0) is 0 Å². The Balaban J connectivity index is 2.70. The minimum atomic E-state index is 0.360. The Hall–Kier alpha value is -2.12. The first-order valence-corrected chi connectivity index (χ1v) is 7.18. The summed E-state index contributed by atoms with van der Waals surface area (Å²) in [5.74, 6) is 1.28. The van der Waals surface area contributed by atoms with E-state index in [1.165, 1.54) is 0 Å². The molecule has 4 nitrogen and oxygen atoms in total. The summed E-state index contributed by atoms with van der Waals surface area (Å²) in [5, 5.41) is 12.1. The summed E-state index contributed by atoms with van der Waals surface area (Å²) in [6.45, 7) is 14.5. The number of anilines is 1. The summed E-state index contributed by atoms with van der Waals surface area (Å²) in [7, 11) is 0. The summed E-state index contributed by atoms with van der Waals surface area (Å²) in [6, 6.07) is 6.03. The molecule has 0 fully saturated rings. The van der Waals surface area contributed by atoms with Crippen molar-refractivity contribution in [3.8, 4) is 6.07 Å². The highest BCUT2D eigenvalue weighted by Crippen LogP contribution is 2.13. The molecule has 1 aromatic heterocycles. The van der Waals surface area contributed by atoms with Crippen molar-refractivity contribution in [2.75, 3.05) is 25.0 Å². The lowest BCUT2D eigenvalue weighted by Crippen LogP contribution is -2.43. The first kappa shape index (κ1) is 16.9. The molecule has 1 unspecified atom stereocenters. The molecule has 0 saturated heterocycles. The monoisotopic (exact) mass is 284 g/mol. The van der Waals surface area contributed by atoms with Crippen LogP contribution in [0.4, 0.5) is 5.82 Å². The first-order chi connectivity index (χ1) is 10.1.